The summed E-state index contributed by atoms with van der Waals surface area (Å²) in [6.45, 7) is 3.90. The smallest absolute Gasteiger partial charge is 0.276 e. The van der Waals surface area contributed by atoms with Crippen LogP contribution in [0.15, 0.2) is 51.9 Å². The summed E-state index contributed by atoms with van der Waals surface area (Å²) >= 11 is 13.7. The Labute approximate surface area is 180 Å². The second kappa shape index (κ2) is 7.74. The van der Waals surface area contributed by atoms with Gasteiger partial charge in [-0.25, -0.2) is 9.07 Å². The maximum Gasteiger partial charge on any atom is 0.276 e. The molecule has 0 saturated carbocycles. The number of amides is 1. The van der Waals surface area contributed by atoms with Crippen LogP contribution in [0.2, 0.25) is 10.0 Å². The number of nitrogens with one attached hydrogen (secondary N) is 1. The van der Waals surface area contributed by atoms with Crippen molar-refractivity contribution in [3.05, 3.63) is 68.0 Å². The molecule has 0 aliphatic carbocycles. The maximum absolute atomic E-state index is 13.4. The molecule has 0 radical (unpaired) electrons. The third-order valence-corrected chi connectivity index (χ3v) is 5.50. The monoisotopic (exact) mass is 448 g/mol. The molecule has 1 N–H and O–H groups in total. The topological polar surface area (TPSA) is 58.8 Å². The zero-order valence-corrected chi connectivity index (χ0v) is 17.7. The van der Waals surface area contributed by atoms with Crippen LogP contribution in [-0.2, 0) is 4.79 Å². The molecule has 0 unspecified atom stereocenters. The predicted molar refractivity (Wildman–Crippen MR) is 115 cm³/mol. The normalized spacial score (nSPS) is 15.3. The Balaban J connectivity index is 1.95. The van der Waals surface area contributed by atoms with Gasteiger partial charge in [0.2, 0.25) is 4.80 Å². The van der Waals surface area contributed by atoms with Crippen LogP contribution in [-0.4, -0.2) is 22.3 Å². The molecular weight excluding hydrogens is 434 g/mol. The number of fused-ring (bicyclic) bond motifs is 1. The minimum absolute atomic E-state index is 0.0229. The molecule has 1 aliphatic heterocycles. The van der Waals surface area contributed by atoms with Crippen molar-refractivity contribution in [2.24, 2.45) is 10.1 Å². The van der Waals surface area contributed by atoms with Gasteiger partial charge in [0, 0.05) is 27.6 Å². The molecule has 0 atom stereocenters. The van der Waals surface area contributed by atoms with Gasteiger partial charge >= 0.3 is 0 Å². The van der Waals surface area contributed by atoms with Gasteiger partial charge in [0.25, 0.3) is 5.91 Å². The Morgan fingerprint density at radius 3 is 2.59 bits per heavy atom. The van der Waals surface area contributed by atoms with E-state index in [1.807, 2.05) is 19.2 Å². The van der Waals surface area contributed by atoms with Crippen LogP contribution in [0, 0.1) is 5.82 Å². The number of carbonyl (C=O) groups is 1. The van der Waals surface area contributed by atoms with Gasteiger partial charge in [-0.05, 0) is 50.2 Å². The van der Waals surface area contributed by atoms with E-state index in [0.29, 0.717) is 31.8 Å². The highest BCUT2D eigenvalue weighted by atomic mass is 35.5. The molecular formula is C20H15Cl2FN4OS. The quantitative estimate of drug-likeness (QED) is 0.589. The first-order chi connectivity index (χ1) is 13.8. The molecule has 4 rings (SSSR count). The number of nitrogens with zero attached hydrogens (tertiary/aromatic N) is 3. The molecule has 0 spiro atoms. The van der Waals surface area contributed by atoms with E-state index in [1.165, 1.54) is 23.5 Å². The van der Waals surface area contributed by atoms with Crippen LogP contribution in [0.25, 0.3) is 11.3 Å². The summed E-state index contributed by atoms with van der Waals surface area (Å²) in [5, 5.41) is 9.95. The van der Waals surface area contributed by atoms with E-state index < -0.39 is 0 Å². The first kappa shape index (κ1) is 19.8. The fraction of sp³-hybridized carbons (Fsp3) is 0.150. The third kappa shape index (κ3) is 3.85. The highest BCUT2D eigenvalue weighted by Crippen LogP contribution is 2.34. The first-order valence-electron chi connectivity index (χ1n) is 8.73. The number of hydrogen-bond donors (Lipinski definition) is 1. The van der Waals surface area contributed by atoms with Crippen LogP contribution in [0.3, 0.4) is 0 Å². The highest BCUT2D eigenvalue weighted by molar-refractivity contribution is 7.07. The molecule has 9 heteroatoms. The minimum atomic E-state index is -0.386. The summed E-state index contributed by atoms with van der Waals surface area (Å²) in [6, 6.07) is 9.29. The number of hydrogen-bond acceptors (Lipinski definition) is 4. The van der Waals surface area contributed by atoms with E-state index in [2.05, 4.69) is 15.4 Å². The Morgan fingerprint density at radius 1 is 1.17 bits per heavy atom. The molecule has 0 saturated heterocycles. The van der Waals surface area contributed by atoms with Crippen LogP contribution >= 0.6 is 34.5 Å². The lowest BCUT2D eigenvalue weighted by atomic mass is 10.1. The zero-order chi connectivity index (χ0) is 20.7. The molecule has 0 fully saturated rings. The van der Waals surface area contributed by atoms with Crippen molar-refractivity contribution >= 4 is 51.8 Å². The fourth-order valence-corrected chi connectivity index (χ4v) is 4.41. The summed E-state index contributed by atoms with van der Waals surface area (Å²) in [5.74, 6) is -0.717. The van der Waals surface area contributed by atoms with Crippen molar-refractivity contribution in [1.29, 1.82) is 0 Å². The summed E-state index contributed by atoms with van der Waals surface area (Å²) in [5.41, 5.74) is 2.61. The van der Waals surface area contributed by atoms with Gasteiger partial charge in [0.05, 0.1) is 16.4 Å². The van der Waals surface area contributed by atoms with E-state index in [1.54, 1.807) is 28.9 Å². The first-order valence-corrected chi connectivity index (χ1v) is 10.4. The Morgan fingerprint density at radius 2 is 1.90 bits per heavy atom. The van der Waals surface area contributed by atoms with Gasteiger partial charge in [0.15, 0.2) is 5.71 Å². The summed E-state index contributed by atoms with van der Waals surface area (Å²) in [4.78, 5) is 17.8. The fourth-order valence-electron chi connectivity index (χ4n) is 2.91. The standard InChI is InChI=1S/C20H15Cl2FN4OS/c1-10(2)24-20-27(16(9-29-20)11-3-5-13(23)6-4-11)26-18-14-7-12(21)8-15(22)17(14)25-19(18)28/h3-10H,1-2H3,(H,25,26,28). The van der Waals surface area contributed by atoms with Crippen LogP contribution in [0.4, 0.5) is 10.1 Å². The summed E-state index contributed by atoms with van der Waals surface area (Å²) < 4.78 is 15.0. The number of anilines is 1. The molecule has 0 bridgehead atoms. The van der Waals surface area contributed by atoms with Crippen molar-refractivity contribution in [2.75, 3.05) is 5.32 Å². The summed E-state index contributed by atoms with van der Waals surface area (Å²) in [7, 11) is 0. The molecule has 5 nitrogen and oxygen atoms in total. The molecule has 2 aromatic carbocycles. The van der Waals surface area contributed by atoms with Gasteiger partial charge in [-0.1, -0.05) is 23.2 Å². The lowest BCUT2D eigenvalue weighted by molar-refractivity contribution is -0.110. The van der Waals surface area contributed by atoms with Crippen LogP contribution < -0.4 is 10.1 Å². The molecule has 1 aromatic heterocycles. The van der Waals surface area contributed by atoms with E-state index in [-0.39, 0.29) is 23.5 Å². The lowest BCUT2D eigenvalue weighted by Gasteiger charge is -2.06. The van der Waals surface area contributed by atoms with Gasteiger partial charge in [-0.15, -0.1) is 11.3 Å². The lowest BCUT2D eigenvalue weighted by Crippen LogP contribution is -2.21. The van der Waals surface area contributed by atoms with E-state index in [9.17, 15) is 9.18 Å². The zero-order valence-electron chi connectivity index (χ0n) is 15.4. The average molecular weight is 449 g/mol. The van der Waals surface area contributed by atoms with Gasteiger partial charge in [-0.2, -0.15) is 5.10 Å². The maximum atomic E-state index is 13.4. The van der Waals surface area contributed by atoms with Crippen molar-refractivity contribution in [3.8, 4) is 11.3 Å². The molecule has 2 heterocycles. The average Bonchev–Trinajstić information content (AvgIpc) is 3.18. The molecule has 148 valence electrons. The van der Waals surface area contributed by atoms with Crippen molar-refractivity contribution < 1.29 is 9.18 Å². The molecule has 1 aliphatic rings. The van der Waals surface area contributed by atoms with Gasteiger partial charge < -0.3 is 5.32 Å². The van der Waals surface area contributed by atoms with Gasteiger partial charge in [-0.3, -0.25) is 9.79 Å². The number of rotatable bonds is 3. The Kier molecular flexibility index (Phi) is 5.29. The number of aromatic nitrogens is 1. The van der Waals surface area contributed by atoms with Crippen LogP contribution in [0.1, 0.15) is 19.4 Å². The minimum Gasteiger partial charge on any atom is -0.319 e. The number of benzene rings is 2. The molecule has 1 amide bonds. The van der Waals surface area contributed by atoms with Gasteiger partial charge in [0.1, 0.15) is 5.82 Å². The number of halogens is 3. The van der Waals surface area contributed by atoms with Crippen molar-refractivity contribution in [1.82, 2.24) is 4.68 Å². The number of thiazole rings is 1. The van der Waals surface area contributed by atoms with Crippen LogP contribution in [0.5, 0.6) is 0 Å². The summed E-state index contributed by atoms with van der Waals surface area (Å²) in [6.07, 6.45) is 0. The third-order valence-electron chi connectivity index (χ3n) is 4.16. The number of carbonyl (C=O) groups excluding carboxylic acids is 1. The van der Waals surface area contributed by atoms with E-state index >= 15 is 0 Å². The Bertz CT molecular complexity index is 1210. The van der Waals surface area contributed by atoms with Crippen molar-refractivity contribution in [3.63, 3.8) is 0 Å². The van der Waals surface area contributed by atoms with E-state index in [4.69, 9.17) is 23.2 Å². The SMILES string of the molecule is CC(C)N=c1scc(-c2ccc(F)cc2)n1/N=C1\C(=O)Nc2c(Cl)cc(Cl)cc21. The Hall–Kier alpha value is -2.48. The molecule has 3 aromatic rings. The largest absolute Gasteiger partial charge is 0.319 e. The highest BCUT2D eigenvalue weighted by Gasteiger charge is 2.29. The van der Waals surface area contributed by atoms with Crippen molar-refractivity contribution in [2.45, 2.75) is 19.9 Å². The molecule has 29 heavy (non-hydrogen) atoms. The van der Waals surface area contributed by atoms with E-state index in [0.717, 1.165) is 5.56 Å². The second-order valence-electron chi connectivity index (χ2n) is 6.66. The predicted octanol–water partition coefficient (Wildman–Crippen LogP) is 5.18. The second-order valence-corrected chi connectivity index (χ2v) is 8.34.